The van der Waals surface area contributed by atoms with E-state index in [0.717, 1.165) is 22.4 Å². The van der Waals surface area contributed by atoms with Crippen molar-refractivity contribution in [2.45, 2.75) is 44.7 Å². The maximum atomic E-state index is 14.2. The molecule has 10 nitrogen and oxygen atoms in total. The van der Waals surface area contributed by atoms with Crippen molar-refractivity contribution >= 4 is 23.5 Å². The average Bonchev–Trinajstić information content (AvgIpc) is 2.98. The number of phenolic OH excluding ortho intramolecular Hbond substituents is 1. The second kappa shape index (κ2) is 12.1. The Bertz CT molecular complexity index is 1430. The van der Waals surface area contributed by atoms with Crippen molar-refractivity contribution in [3.8, 4) is 5.75 Å². The second-order valence-electron chi connectivity index (χ2n) is 11.2. The van der Waals surface area contributed by atoms with Crippen LogP contribution in [0.5, 0.6) is 5.75 Å². The first kappa shape index (κ1) is 28.9. The highest BCUT2D eigenvalue weighted by Gasteiger charge is 2.54. The molecule has 3 aromatic carbocycles. The van der Waals surface area contributed by atoms with Crippen LogP contribution >= 0.6 is 0 Å². The van der Waals surface area contributed by atoms with Crippen molar-refractivity contribution in [3.63, 3.8) is 0 Å². The van der Waals surface area contributed by atoms with E-state index in [1.54, 1.807) is 51.1 Å². The number of anilines is 1. The Labute approximate surface area is 246 Å². The quantitative estimate of drug-likeness (QED) is 0.453. The lowest BCUT2D eigenvalue weighted by atomic mass is 9.95. The molecular formula is C32H38N6O4. The minimum atomic E-state index is -0.821. The highest BCUT2D eigenvalue weighted by atomic mass is 16.3. The number of aromatic hydroxyl groups is 1. The second-order valence-corrected chi connectivity index (χ2v) is 11.2. The van der Waals surface area contributed by atoms with Crippen LogP contribution in [0.4, 0.5) is 10.5 Å². The standard InChI is InChI=1S/C32H38N6O4/c1-22-30-37(29(40)21-35(4)38(30)32(42)33-19-24-9-6-5-7-10-24)28(18-23-13-15-27(39)16-14-23)31(41)36(22)20-25-11-8-12-26(17-25)34(2)3/h5-17,22,28,30,39H,18-21H2,1-4H3,(H,33,42)/t22-,28+,30+/m1/s1. The summed E-state index contributed by atoms with van der Waals surface area (Å²) in [5, 5.41) is 16.0. The molecule has 4 amide bonds. The van der Waals surface area contributed by atoms with Crippen molar-refractivity contribution in [1.82, 2.24) is 25.1 Å². The minimum Gasteiger partial charge on any atom is -0.508 e. The molecule has 0 radical (unpaired) electrons. The Morgan fingerprint density at radius 1 is 0.952 bits per heavy atom. The molecule has 10 heteroatoms. The molecule has 2 fully saturated rings. The van der Waals surface area contributed by atoms with Crippen LogP contribution in [0.1, 0.15) is 23.6 Å². The van der Waals surface area contributed by atoms with Crippen molar-refractivity contribution in [2.24, 2.45) is 0 Å². The number of likely N-dealkylation sites (N-methyl/N-ethyl adjacent to an activating group) is 1. The van der Waals surface area contributed by atoms with E-state index in [-0.39, 0.29) is 36.6 Å². The van der Waals surface area contributed by atoms with Crippen molar-refractivity contribution in [3.05, 3.63) is 95.6 Å². The Kier molecular flexibility index (Phi) is 8.35. The van der Waals surface area contributed by atoms with E-state index in [2.05, 4.69) is 5.32 Å². The summed E-state index contributed by atoms with van der Waals surface area (Å²) in [4.78, 5) is 47.0. The third kappa shape index (κ3) is 5.89. The van der Waals surface area contributed by atoms with E-state index >= 15 is 0 Å². The maximum Gasteiger partial charge on any atom is 0.334 e. The van der Waals surface area contributed by atoms with Crippen LogP contribution < -0.4 is 10.2 Å². The molecule has 0 unspecified atom stereocenters. The summed E-state index contributed by atoms with van der Waals surface area (Å²) >= 11 is 0. The molecule has 42 heavy (non-hydrogen) atoms. The summed E-state index contributed by atoms with van der Waals surface area (Å²) in [6, 6.07) is 22.6. The summed E-state index contributed by atoms with van der Waals surface area (Å²) in [5.74, 6) is -0.267. The molecule has 0 spiro atoms. The number of nitrogens with one attached hydrogen (secondary N) is 1. The molecule has 2 N–H and O–H groups in total. The van der Waals surface area contributed by atoms with Gasteiger partial charge >= 0.3 is 6.03 Å². The monoisotopic (exact) mass is 570 g/mol. The SMILES string of the molecule is C[C@@H]1[C@H]2N(C(=O)CN(C)N2C(=O)NCc2ccccc2)[C@@H](Cc2ccc(O)cc2)C(=O)N1Cc1cccc(N(C)C)c1. The van der Waals surface area contributed by atoms with Crippen LogP contribution in [0.15, 0.2) is 78.9 Å². The Balaban J connectivity index is 1.50. The molecule has 0 aliphatic carbocycles. The van der Waals surface area contributed by atoms with E-state index in [9.17, 15) is 19.5 Å². The molecule has 3 aromatic rings. The number of carbonyl (C=O) groups excluding carboxylic acids is 3. The highest BCUT2D eigenvalue weighted by molar-refractivity contribution is 5.92. The van der Waals surface area contributed by atoms with Gasteiger partial charge in [0.15, 0.2) is 0 Å². The first-order valence-corrected chi connectivity index (χ1v) is 14.1. The zero-order chi connectivity index (χ0) is 30.0. The lowest BCUT2D eigenvalue weighted by Gasteiger charge is -2.57. The first-order chi connectivity index (χ1) is 20.1. The van der Waals surface area contributed by atoms with E-state index in [4.69, 9.17) is 0 Å². The van der Waals surface area contributed by atoms with Crippen LogP contribution in [0.25, 0.3) is 0 Å². The van der Waals surface area contributed by atoms with Crippen molar-refractivity contribution in [2.75, 3.05) is 32.6 Å². The number of nitrogens with zero attached hydrogens (tertiary/aromatic N) is 5. The van der Waals surface area contributed by atoms with Crippen molar-refractivity contribution < 1.29 is 19.5 Å². The number of carbonyl (C=O) groups is 3. The molecule has 3 atom stereocenters. The molecule has 0 saturated carbocycles. The molecular weight excluding hydrogens is 532 g/mol. The zero-order valence-electron chi connectivity index (χ0n) is 24.5. The number of amides is 4. The van der Waals surface area contributed by atoms with Gasteiger partial charge in [0, 0.05) is 46.3 Å². The average molecular weight is 571 g/mol. The van der Waals surface area contributed by atoms with E-state index < -0.39 is 18.2 Å². The summed E-state index contributed by atoms with van der Waals surface area (Å²) in [6.45, 7) is 2.52. The predicted octanol–water partition coefficient (Wildman–Crippen LogP) is 3.03. The topological polar surface area (TPSA) is 99.7 Å². The van der Waals surface area contributed by atoms with Crippen LogP contribution in [0.2, 0.25) is 0 Å². The number of urea groups is 1. The third-order valence-electron chi connectivity index (χ3n) is 8.02. The van der Waals surface area contributed by atoms with Crippen LogP contribution in [0, 0.1) is 0 Å². The maximum absolute atomic E-state index is 14.2. The largest absolute Gasteiger partial charge is 0.508 e. The number of phenols is 1. The highest BCUT2D eigenvalue weighted by Crippen LogP contribution is 2.33. The van der Waals surface area contributed by atoms with Gasteiger partial charge in [0.2, 0.25) is 11.8 Å². The molecule has 0 bridgehead atoms. The Hall–Kier alpha value is -4.57. The van der Waals surface area contributed by atoms with Gasteiger partial charge in [0.1, 0.15) is 18.0 Å². The molecule has 5 rings (SSSR count). The van der Waals surface area contributed by atoms with Gasteiger partial charge in [0.25, 0.3) is 0 Å². The first-order valence-electron chi connectivity index (χ1n) is 14.1. The minimum absolute atomic E-state index is 0.0355. The molecule has 0 aromatic heterocycles. The van der Waals surface area contributed by atoms with Crippen LogP contribution in [0.3, 0.4) is 0 Å². The number of benzene rings is 3. The summed E-state index contributed by atoms with van der Waals surface area (Å²) in [5.41, 5.74) is 3.73. The number of fused-ring (bicyclic) bond motifs is 1. The summed E-state index contributed by atoms with van der Waals surface area (Å²) in [7, 11) is 5.66. The van der Waals surface area contributed by atoms with Gasteiger partial charge in [-0.1, -0.05) is 54.6 Å². The predicted molar refractivity (Wildman–Crippen MR) is 160 cm³/mol. The fraction of sp³-hybridized carbons (Fsp3) is 0.344. The van der Waals surface area contributed by atoms with Gasteiger partial charge in [0.05, 0.1) is 12.6 Å². The summed E-state index contributed by atoms with van der Waals surface area (Å²) in [6.07, 6.45) is -0.463. The Morgan fingerprint density at radius 2 is 1.64 bits per heavy atom. The molecule has 2 aliphatic heterocycles. The van der Waals surface area contributed by atoms with Gasteiger partial charge in [-0.25, -0.2) is 14.8 Å². The van der Waals surface area contributed by atoms with Crippen LogP contribution in [-0.2, 0) is 29.1 Å². The van der Waals surface area contributed by atoms with E-state index in [1.807, 2.05) is 80.5 Å². The lowest BCUT2D eigenvalue weighted by molar-refractivity contribution is -0.196. The van der Waals surface area contributed by atoms with Crippen LogP contribution in [-0.4, -0.2) is 88.7 Å². The van der Waals surface area contributed by atoms with E-state index in [0.29, 0.717) is 13.1 Å². The molecule has 2 aliphatic rings. The number of piperazine rings is 1. The number of hydrogen-bond acceptors (Lipinski definition) is 6. The molecule has 2 heterocycles. The lowest BCUT2D eigenvalue weighted by Crippen LogP contribution is -2.78. The Morgan fingerprint density at radius 3 is 2.33 bits per heavy atom. The number of rotatable bonds is 7. The van der Waals surface area contributed by atoms with Crippen molar-refractivity contribution in [1.29, 1.82) is 0 Å². The third-order valence-corrected chi connectivity index (χ3v) is 8.02. The molecule has 2 saturated heterocycles. The molecule has 220 valence electrons. The number of hydrogen-bond donors (Lipinski definition) is 2. The van der Waals surface area contributed by atoms with Gasteiger partial charge in [-0.05, 0) is 47.9 Å². The van der Waals surface area contributed by atoms with E-state index in [1.165, 1.54) is 0 Å². The smallest absolute Gasteiger partial charge is 0.334 e. The van der Waals surface area contributed by atoms with Gasteiger partial charge < -0.3 is 25.1 Å². The summed E-state index contributed by atoms with van der Waals surface area (Å²) < 4.78 is 0. The zero-order valence-corrected chi connectivity index (χ0v) is 24.5. The fourth-order valence-corrected chi connectivity index (χ4v) is 5.81. The van der Waals surface area contributed by atoms with Gasteiger partial charge in [-0.3, -0.25) is 9.59 Å². The normalized spacial score (nSPS) is 20.9. The number of hydrazine groups is 1. The van der Waals surface area contributed by atoms with Gasteiger partial charge in [-0.15, -0.1) is 0 Å². The fourth-order valence-electron chi connectivity index (χ4n) is 5.81. The van der Waals surface area contributed by atoms with Gasteiger partial charge in [-0.2, -0.15) is 0 Å².